The van der Waals surface area contributed by atoms with Crippen molar-refractivity contribution >= 4 is 28.7 Å². The first-order valence-corrected chi connectivity index (χ1v) is 12.6. The molecule has 0 spiro atoms. The van der Waals surface area contributed by atoms with E-state index in [4.69, 9.17) is 4.98 Å². The normalized spacial score (nSPS) is 11.1. The Bertz CT molecular complexity index is 1500. The Morgan fingerprint density at radius 3 is 2.50 bits per heavy atom. The van der Waals surface area contributed by atoms with Crippen LogP contribution >= 0.6 is 11.8 Å². The van der Waals surface area contributed by atoms with Gasteiger partial charge in [-0.2, -0.15) is 0 Å². The second-order valence-corrected chi connectivity index (χ2v) is 9.51. The number of rotatable bonds is 8. The number of carbonyl (C=O) groups excluding carboxylic acids is 1. The van der Waals surface area contributed by atoms with E-state index >= 15 is 0 Å². The molecule has 5 aromatic rings. The van der Waals surface area contributed by atoms with Crippen LogP contribution in [0, 0.1) is 12.7 Å². The zero-order valence-corrected chi connectivity index (χ0v) is 20.6. The minimum atomic E-state index is -0.293. The molecule has 0 radical (unpaired) electrons. The second kappa shape index (κ2) is 10.7. The SMILES string of the molecule is Cc1ccccc1CSc1nc2ccncc2n1Cc1ccc(C(=O)NCc2ccc(F)cc2)cc1. The Kier molecular flexibility index (Phi) is 7.09. The highest BCUT2D eigenvalue weighted by atomic mass is 32.2. The van der Waals surface area contributed by atoms with Crippen LogP contribution in [0.4, 0.5) is 4.39 Å². The van der Waals surface area contributed by atoms with Crippen molar-refractivity contribution in [2.24, 2.45) is 0 Å². The predicted molar refractivity (Wildman–Crippen MR) is 141 cm³/mol. The van der Waals surface area contributed by atoms with Crippen molar-refractivity contribution in [3.8, 4) is 0 Å². The Morgan fingerprint density at radius 2 is 1.72 bits per heavy atom. The van der Waals surface area contributed by atoms with Gasteiger partial charge in [-0.25, -0.2) is 9.37 Å². The van der Waals surface area contributed by atoms with E-state index in [2.05, 4.69) is 46.1 Å². The molecular formula is C29H25FN4OS. The zero-order valence-electron chi connectivity index (χ0n) is 19.8. The fourth-order valence-electron chi connectivity index (χ4n) is 3.96. The van der Waals surface area contributed by atoms with Crippen LogP contribution in [0.3, 0.4) is 0 Å². The third kappa shape index (κ3) is 5.47. The molecule has 5 rings (SSSR count). The minimum absolute atomic E-state index is 0.169. The van der Waals surface area contributed by atoms with E-state index in [1.54, 1.807) is 30.1 Å². The van der Waals surface area contributed by atoms with Crippen LogP contribution < -0.4 is 5.32 Å². The molecule has 1 amide bonds. The number of carbonyl (C=O) groups is 1. The maximum atomic E-state index is 13.1. The molecule has 0 bridgehead atoms. The summed E-state index contributed by atoms with van der Waals surface area (Å²) in [5, 5.41) is 3.81. The molecule has 7 heteroatoms. The third-order valence-corrected chi connectivity index (χ3v) is 7.08. The lowest BCUT2D eigenvalue weighted by Gasteiger charge is -2.11. The van der Waals surface area contributed by atoms with E-state index in [-0.39, 0.29) is 11.7 Å². The van der Waals surface area contributed by atoms with Crippen molar-refractivity contribution in [3.05, 3.63) is 125 Å². The van der Waals surface area contributed by atoms with Gasteiger partial charge in [0, 0.05) is 24.1 Å². The number of pyridine rings is 1. The highest BCUT2D eigenvalue weighted by Crippen LogP contribution is 2.28. The molecule has 0 aliphatic rings. The van der Waals surface area contributed by atoms with Crippen molar-refractivity contribution in [3.63, 3.8) is 0 Å². The Balaban J connectivity index is 1.30. The van der Waals surface area contributed by atoms with Crippen molar-refractivity contribution in [1.82, 2.24) is 19.9 Å². The molecule has 0 saturated carbocycles. The minimum Gasteiger partial charge on any atom is -0.348 e. The van der Waals surface area contributed by atoms with Gasteiger partial charge < -0.3 is 9.88 Å². The summed E-state index contributed by atoms with van der Waals surface area (Å²) in [4.78, 5) is 21.7. The summed E-state index contributed by atoms with van der Waals surface area (Å²) in [5.74, 6) is 0.368. The first-order valence-electron chi connectivity index (χ1n) is 11.7. The number of thioether (sulfide) groups is 1. The number of nitrogens with zero attached hydrogens (tertiary/aromatic N) is 3. The van der Waals surface area contributed by atoms with Gasteiger partial charge in [-0.05, 0) is 59.5 Å². The van der Waals surface area contributed by atoms with Crippen molar-refractivity contribution in [2.45, 2.75) is 30.9 Å². The summed E-state index contributed by atoms with van der Waals surface area (Å²) < 4.78 is 15.2. The standard InChI is InChI=1S/C29H25FN4OS/c1-20-4-2-3-5-24(20)19-36-29-33-26-14-15-31-17-27(26)34(29)18-22-6-10-23(11-7-22)28(35)32-16-21-8-12-25(30)13-9-21/h2-15,17H,16,18-19H2,1H3,(H,32,35). The highest BCUT2D eigenvalue weighted by Gasteiger charge is 2.13. The van der Waals surface area contributed by atoms with Crippen LogP contribution in [0.25, 0.3) is 11.0 Å². The Labute approximate surface area is 213 Å². The molecule has 0 aliphatic carbocycles. The summed E-state index contributed by atoms with van der Waals surface area (Å²) in [6.45, 7) is 3.09. The lowest BCUT2D eigenvalue weighted by atomic mass is 10.1. The molecule has 2 heterocycles. The number of benzene rings is 3. The van der Waals surface area contributed by atoms with Crippen LogP contribution in [-0.4, -0.2) is 20.4 Å². The number of aromatic nitrogens is 3. The molecule has 0 saturated heterocycles. The van der Waals surface area contributed by atoms with Gasteiger partial charge in [0.05, 0.1) is 23.8 Å². The number of hydrogen-bond acceptors (Lipinski definition) is 4. The van der Waals surface area contributed by atoms with Gasteiger partial charge in [-0.15, -0.1) is 0 Å². The van der Waals surface area contributed by atoms with Gasteiger partial charge >= 0.3 is 0 Å². The third-order valence-electron chi connectivity index (χ3n) is 6.06. The number of nitrogens with one attached hydrogen (secondary N) is 1. The molecular weight excluding hydrogens is 471 g/mol. The van der Waals surface area contributed by atoms with E-state index in [1.165, 1.54) is 23.3 Å². The molecule has 0 atom stereocenters. The molecule has 0 fully saturated rings. The van der Waals surface area contributed by atoms with Gasteiger partial charge in [0.1, 0.15) is 5.82 Å². The first-order chi connectivity index (χ1) is 17.6. The highest BCUT2D eigenvalue weighted by molar-refractivity contribution is 7.98. The Hall–Kier alpha value is -3.97. The van der Waals surface area contributed by atoms with Gasteiger partial charge in [0.25, 0.3) is 5.91 Å². The van der Waals surface area contributed by atoms with E-state index < -0.39 is 0 Å². The van der Waals surface area contributed by atoms with Crippen LogP contribution in [0.2, 0.25) is 0 Å². The summed E-state index contributed by atoms with van der Waals surface area (Å²) in [6, 6.07) is 24.0. The van der Waals surface area contributed by atoms with Crippen LogP contribution in [-0.2, 0) is 18.8 Å². The van der Waals surface area contributed by atoms with Gasteiger partial charge in [-0.1, -0.05) is 60.3 Å². The maximum Gasteiger partial charge on any atom is 0.251 e. The average Bonchev–Trinajstić information content (AvgIpc) is 3.25. The van der Waals surface area contributed by atoms with Crippen molar-refractivity contribution in [2.75, 3.05) is 0 Å². The summed E-state index contributed by atoms with van der Waals surface area (Å²) in [7, 11) is 0. The lowest BCUT2D eigenvalue weighted by molar-refractivity contribution is 0.0951. The van der Waals surface area contributed by atoms with E-state index in [9.17, 15) is 9.18 Å². The van der Waals surface area contributed by atoms with Gasteiger partial charge in [0.2, 0.25) is 0 Å². The predicted octanol–water partition coefficient (Wildman–Crippen LogP) is 6.15. The smallest absolute Gasteiger partial charge is 0.251 e. The summed E-state index contributed by atoms with van der Waals surface area (Å²) in [6.07, 6.45) is 3.60. The fourth-order valence-corrected chi connectivity index (χ4v) is 5.05. The second-order valence-electron chi connectivity index (χ2n) is 8.57. The average molecular weight is 497 g/mol. The van der Waals surface area contributed by atoms with E-state index in [0.29, 0.717) is 18.7 Å². The molecule has 3 aromatic carbocycles. The number of hydrogen-bond donors (Lipinski definition) is 1. The number of imidazole rings is 1. The first kappa shape index (κ1) is 23.8. The molecule has 5 nitrogen and oxygen atoms in total. The number of halogens is 1. The molecule has 1 N–H and O–H groups in total. The van der Waals surface area contributed by atoms with E-state index in [1.807, 2.05) is 36.5 Å². The maximum absolute atomic E-state index is 13.1. The topological polar surface area (TPSA) is 59.8 Å². The zero-order chi connectivity index (χ0) is 24.9. The summed E-state index contributed by atoms with van der Waals surface area (Å²) >= 11 is 1.71. The largest absolute Gasteiger partial charge is 0.348 e. The molecule has 36 heavy (non-hydrogen) atoms. The Morgan fingerprint density at radius 1 is 0.972 bits per heavy atom. The van der Waals surface area contributed by atoms with Crippen molar-refractivity contribution < 1.29 is 9.18 Å². The molecule has 2 aromatic heterocycles. The van der Waals surface area contributed by atoms with Crippen LogP contribution in [0.5, 0.6) is 0 Å². The molecule has 180 valence electrons. The summed E-state index contributed by atoms with van der Waals surface area (Å²) in [5.41, 5.74) is 6.92. The van der Waals surface area contributed by atoms with Gasteiger partial charge in [-0.3, -0.25) is 9.78 Å². The molecule has 0 aliphatic heterocycles. The van der Waals surface area contributed by atoms with E-state index in [0.717, 1.165) is 33.1 Å². The quantitative estimate of drug-likeness (QED) is 0.262. The van der Waals surface area contributed by atoms with Crippen molar-refractivity contribution in [1.29, 1.82) is 0 Å². The van der Waals surface area contributed by atoms with Crippen LogP contribution in [0.15, 0.2) is 96.4 Å². The fraction of sp³-hybridized carbons (Fsp3) is 0.138. The van der Waals surface area contributed by atoms with Crippen LogP contribution in [0.1, 0.15) is 32.6 Å². The molecule has 0 unspecified atom stereocenters. The lowest BCUT2D eigenvalue weighted by Crippen LogP contribution is -2.22. The number of aryl methyl sites for hydroxylation is 1. The van der Waals surface area contributed by atoms with Gasteiger partial charge in [0.15, 0.2) is 5.16 Å². The monoisotopic (exact) mass is 496 g/mol. The number of amides is 1. The number of fused-ring (bicyclic) bond motifs is 1.